The second-order valence-electron chi connectivity index (χ2n) is 10.6. The van der Waals surface area contributed by atoms with Crippen LogP contribution in [0.15, 0.2) is 54.6 Å². The van der Waals surface area contributed by atoms with Gasteiger partial charge in [-0.25, -0.2) is 19.4 Å². The molecule has 3 aromatic rings. The summed E-state index contributed by atoms with van der Waals surface area (Å²) in [5.41, 5.74) is 0.842. The fourth-order valence-corrected chi connectivity index (χ4v) is 5.06. The van der Waals surface area contributed by atoms with Crippen molar-refractivity contribution in [2.24, 2.45) is 0 Å². The number of hydrogen-bond acceptors (Lipinski definition) is 12. The number of rotatable bonds is 12. The highest BCUT2D eigenvalue weighted by Crippen LogP contribution is 2.38. The number of amides is 2. The number of nitrogens with zero attached hydrogens (tertiary/aromatic N) is 1. The van der Waals surface area contributed by atoms with Gasteiger partial charge in [-0.05, 0) is 61.7 Å². The number of ether oxygens (including phenoxy) is 6. The average molecular weight is 667 g/mol. The first kappa shape index (κ1) is 35.4. The van der Waals surface area contributed by atoms with Crippen molar-refractivity contribution in [3.63, 3.8) is 0 Å². The van der Waals surface area contributed by atoms with Gasteiger partial charge in [-0.15, -0.1) is 0 Å². The Kier molecular flexibility index (Phi) is 12.4. The third-order valence-electron chi connectivity index (χ3n) is 7.53. The number of methoxy groups -OCH3 is 5. The van der Waals surface area contributed by atoms with Gasteiger partial charge in [0.1, 0.15) is 11.5 Å². The van der Waals surface area contributed by atoms with E-state index >= 15 is 0 Å². The normalized spacial score (nSPS) is 14.2. The zero-order valence-corrected chi connectivity index (χ0v) is 27.4. The molecule has 1 aliphatic rings. The fourth-order valence-electron chi connectivity index (χ4n) is 5.06. The molecule has 1 unspecified atom stereocenters. The van der Waals surface area contributed by atoms with Crippen LogP contribution >= 0.6 is 0 Å². The molecule has 1 aliphatic heterocycles. The van der Waals surface area contributed by atoms with Crippen LogP contribution in [0.25, 0.3) is 0 Å². The highest BCUT2D eigenvalue weighted by Gasteiger charge is 2.27. The Morgan fingerprint density at radius 3 is 2.06 bits per heavy atom. The van der Waals surface area contributed by atoms with E-state index in [0.717, 1.165) is 6.42 Å². The molecule has 0 spiro atoms. The summed E-state index contributed by atoms with van der Waals surface area (Å²) in [4.78, 5) is 63.0. The largest absolute Gasteiger partial charge is 0.497 e. The fraction of sp³-hybridized carbons (Fsp3) is 0.353. The van der Waals surface area contributed by atoms with Crippen LogP contribution < -0.4 is 29.0 Å². The van der Waals surface area contributed by atoms with Gasteiger partial charge in [0.05, 0.1) is 39.6 Å². The van der Waals surface area contributed by atoms with Crippen LogP contribution in [0.5, 0.6) is 28.7 Å². The van der Waals surface area contributed by atoms with E-state index in [4.69, 9.17) is 38.2 Å². The van der Waals surface area contributed by atoms with E-state index in [2.05, 4.69) is 5.32 Å². The Balaban J connectivity index is 1.35. The third-order valence-corrected chi connectivity index (χ3v) is 7.53. The van der Waals surface area contributed by atoms with Crippen molar-refractivity contribution < 1.29 is 57.4 Å². The predicted molar refractivity (Wildman–Crippen MR) is 170 cm³/mol. The van der Waals surface area contributed by atoms with Crippen molar-refractivity contribution in [1.29, 1.82) is 0 Å². The molecule has 3 aromatic carbocycles. The Morgan fingerprint density at radius 2 is 1.44 bits per heavy atom. The molecule has 0 aromatic heterocycles. The lowest BCUT2D eigenvalue weighted by molar-refractivity contribution is -0.192. The van der Waals surface area contributed by atoms with Crippen molar-refractivity contribution in [2.75, 3.05) is 55.4 Å². The molecule has 256 valence electrons. The molecule has 14 heteroatoms. The number of likely N-dealkylation sites (tertiary alicyclic amines) is 1. The van der Waals surface area contributed by atoms with E-state index in [1.165, 1.54) is 76.8 Å². The first-order valence-electron chi connectivity index (χ1n) is 15.0. The quantitative estimate of drug-likeness (QED) is 0.126. The Hall–Kier alpha value is -5.50. The zero-order valence-electron chi connectivity index (χ0n) is 27.4. The van der Waals surface area contributed by atoms with E-state index in [1.807, 2.05) is 0 Å². The molecule has 0 aliphatic carbocycles. The predicted octanol–water partition coefficient (Wildman–Crippen LogP) is 4.43. The maximum atomic E-state index is 13.2. The second-order valence-corrected chi connectivity index (χ2v) is 10.6. The summed E-state index contributed by atoms with van der Waals surface area (Å²) in [7, 11) is 7.32. The van der Waals surface area contributed by atoms with Gasteiger partial charge >= 0.3 is 12.1 Å². The number of ketones is 1. The number of carbonyl (C=O) groups is 4. The molecule has 0 radical (unpaired) electrons. The monoisotopic (exact) mass is 666 g/mol. The molecular formula is C34H38N2O12. The SMILES string of the molecule is COCOc1ccc(OC)cc1C(=O)c1ccc(C(=O)OOC(=O)N2CCCCC(NC(=O)c3cc(OC)c(OC)c(OC)c3)C2)cc1. The molecule has 1 fully saturated rings. The summed E-state index contributed by atoms with van der Waals surface area (Å²) in [5, 5.41) is 2.94. The maximum absolute atomic E-state index is 13.2. The molecule has 4 rings (SSSR count). The minimum Gasteiger partial charge on any atom is -0.497 e. The van der Waals surface area contributed by atoms with E-state index < -0.39 is 24.0 Å². The van der Waals surface area contributed by atoms with Gasteiger partial charge in [-0.2, -0.15) is 0 Å². The first-order chi connectivity index (χ1) is 23.2. The van der Waals surface area contributed by atoms with Crippen LogP contribution in [0, 0.1) is 0 Å². The van der Waals surface area contributed by atoms with Crippen LogP contribution in [-0.2, 0) is 14.5 Å². The molecule has 1 N–H and O–H groups in total. The lowest BCUT2D eigenvalue weighted by atomic mass is 10.0. The van der Waals surface area contributed by atoms with Gasteiger partial charge in [-0.1, -0.05) is 12.1 Å². The van der Waals surface area contributed by atoms with Gasteiger partial charge in [0.15, 0.2) is 24.1 Å². The van der Waals surface area contributed by atoms with Gasteiger partial charge < -0.3 is 38.6 Å². The molecule has 0 bridgehead atoms. The van der Waals surface area contributed by atoms with Gasteiger partial charge in [0.25, 0.3) is 5.91 Å². The molecule has 14 nitrogen and oxygen atoms in total. The number of benzene rings is 3. The lowest BCUT2D eigenvalue weighted by Crippen LogP contribution is -2.45. The summed E-state index contributed by atoms with van der Waals surface area (Å²) < 4.78 is 31.7. The minimum absolute atomic E-state index is 0.0483. The van der Waals surface area contributed by atoms with Crippen LogP contribution in [0.4, 0.5) is 4.79 Å². The van der Waals surface area contributed by atoms with Crippen molar-refractivity contribution in [3.8, 4) is 28.7 Å². The molecule has 2 amide bonds. The summed E-state index contributed by atoms with van der Waals surface area (Å²) in [6, 6.07) is 13.1. The van der Waals surface area contributed by atoms with Crippen molar-refractivity contribution in [3.05, 3.63) is 76.9 Å². The third kappa shape index (κ3) is 8.64. The minimum atomic E-state index is -0.935. The zero-order chi connectivity index (χ0) is 34.6. The standard InChI is InChI=1S/C34H38N2O12/c1-41-20-46-27-14-13-25(42-2)18-26(27)30(37)21-9-11-22(12-10-21)33(39)47-48-34(40)36-15-7-6-8-24(19-36)35-32(38)23-16-28(43-3)31(45-5)29(17-23)44-4/h9-14,16-18,24H,6-8,15,19-20H2,1-5H3,(H,35,38). The summed E-state index contributed by atoms with van der Waals surface area (Å²) in [6.45, 7) is 0.408. The first-order valence-corrected chi connectivity index (χ1v) is 15.0. The molecule has 48 heavy (non-hydrogen) atoms. The van der Waals surface area contributed by atoms with Crippen LogP contribution in [0.3, 0.4) is 0 Å². The average Bonchev–Trinajstić information content (AvgIpc) is 3.37. The Bertz CT molecular complexity index is 1580. The number of nitrogens with one attached hydrogen (secondary N) is 1. The van der Waals surface area contributed by atoms with Crippen LogP contribution in [0.2, 0.25) is 0 Å². The second kappa shape index (κ2) is 16.9. The van der Waals surface area contributed by atoms with Crippen molar-refractivity contribution in [2.45, 2.75) is 25.3 Å². The van der Waals surface area contributed by atoms with Crippen LogP contribution in [0.1, 0.15) is 55.9 Å². The Morgan fingerprint density at radius 1 is 0.750 bits per heavy atom. The van der Waals surface area contributed by atoms with E-state index in [9.17, 15) is 19.2 Å². The molecular weight excluding hydrogens is 628 g/mol. The summed E-state index contributed by atoms with van der Waals surface area (Å²) >= 11 is 0. The van der Waals surface area contributed by atoms with E-state index in [0.29, 0.717) is 48.1 Å². The number of hydrogen-bond donors (Lipinski definition) is 1. The highest BCUT2D eigenvalue weighted by molar-refractivity contribution is 6.11. The van der Waals surface area contributed by atoms with Crippen molar-refractivity contribution in [1.82, 2.24) is 10.2 Å². The van der Waals surface area contributed by atoms with Gasteiger partial charge in [-0.3, -0.25) is 9.59 Å². The molecule has 1 atom stereocenters. The smallest absolute Gasteiger partial charge is 0.453 e. The summed E-state index contributed by atoms with van der Waals surface area (Å²) in [6.07, 6.45) is 1.12. The highest BCUT2D eigenvalue weighted by atomic mass is 17.2. The maximum Gasteiger partial charge on any atom is 0.453 e. The molecule has 1 saturated heterocycles. The molecule has 1 heterocycles. The van der Waals surface area contributed by atoms with Crippen molar-refractivity contribution >= 4 is 23.8 Å². The summed E-state index contributed by atoms with van der Waals surface area (Å²) in [5.74, 6) is 0.0672. The van der Waals surface area contributed by atoms with E-state index in [-0.39, 0.29) is 41.4 Å². The number of carbonyl (C=O) groups excluding carboxylic acids is 4. The van der Waals surface area contributed by atoms with Gasteiger partial charge in [0.2, 0.25) is 5.75 Å². The lowest BCUT2D eigenvalue weighted by Gasteiger charge is -2.24. The van der Waals surface area contributed by atoms with Crippen LogP contribution in [-0.4, -0.2) is 90.1 Å². The van der Waals surface area contributed by atoms with Gasteiger partial charge in [0, 0.05) is 37.4 Å². The Labute approximate surface area is 277 Å². The molecule has 0 saturated carbocycles. The topological polar surface area (TPSA) is 157 Å². The van der Waals surface area contributed by atoms with E-state index in [1.54, 1.807) is 18.2 Å².